The van der Waals surface area contributed by atoms with Gasteiger partial charge < -0.3 is 0 Å². The van der Waals surface area contributed by atoms with Gasteiger partial charge in [-0.1, -0.05) is 0 Å². The number of rotatable bonds is 10. The van der Waals surface area contributed by atoms with Crippen molar-refractivity contribution in [3.63, 3.8) is 0 Å². The van der Waals surface area contributed by atoms with Gasteiger partial charge in [0.2, 0.25) is 0 Å². The average molecular weight is 735 g/mol. The SMILES string of the molecule is Fc1nc(F)c(F)c(C(F)(F)C(F)(F)C(F)(F)C(F)(F)C(F)(F)C(F)(F)C(F)(F)C(F)(F)OC(F)(C(F)(F)F)C(F)(F)F)c1F. The maximum Gasteiger partial charge on any atom is 0.458 e. The van der Waals surface area contributed by atoms with Gasteiger partial charge in [0.25, 0.3) is 11.9 Å². The number of halogens is 27. The lowest BCUT2D eigenvalue weighted by molar-refractivity contribution is -0.528. The molecular weight excluding hydrogens is 735 g/mol. The Hall–Kier alpha value is -2.78. The molecule has 264 valence electrons. The van der Waals surface area contributed by atoms with Gasteiger partial charge in [0, 0.05) is 0 Å². The number of alkyl halides is 23. The van der Waals surface area contributed by atoms with Crippen molar-refractivity contribution in [2.45, 2.75) is 65.8 Å². The van der Waals surface area contributed by atoms with Gasteiger partial charge in [-0.2, -0.15) is 115 Å². The summed E-state index contributed by atoms with van der Waals surface area (Å²) in [5.41, 5.74) is -4.47. The minimum atomic E-state index is -9.57. The van der Waals surface area contributed by atoms with Gasteiger partial charge in [-0.05, 0) is 0 Å². The highest BCUT2D eigenvalue weighted by Gasteiger charge is 2.96. The highest BCUT2D eigenvalue weighted by atomic mass is 19.4. The fourth-order valence-corrected chi connectivity index (χ4v) is 2.61. The quantitative estimate of drug-likeness (QED) is 0.177. The second-order valence-electron chi connectivity index (χ2n) is 7.93. The zero-order chi connectivity index (χ0) is 36.8. The third-order valence-corrected chi connectivity index (χ3v) is 5.04. The fourth-order valence-electron chi connectivity index (χ4n) is 2.61. The first-order chi connectivity index (χ1) is 19.2. The van der Waals surface area contributed by atoms with E-state index in [1.54, 1.807) is 0 Å². The van der Waals surface area contributed by atoms with Crippen LogP contribution in [0.3, 0.4) is 0 Å². The molecule has 45 heavy (non-hydrogen) atoms. The normalized spacial score (nSPS) is 16.0. The van der Waals surface area contributed by atoms with Crippen molar-refractivity contribution in [2.24, 2.45) is 0 Å². The molecular formula is C16F27NO. The van der Waals surface area contributed by atoms with Gasteiger partial charge in [0.15, 0.2) is 11.6 Å². The van der Waals surface area contributed by atoms with E-state index in [1.807, 2.05) is 0 Å². The fraction of sp³-hybridized carbons (Fsp3) is 0.688. The first kappa shape index (κ1) is 40.2. The Labute approximate surface area is 224 Å². The standard InChI is InChI=1S/C16F27NO/c17-2-1(3(18)5(20)44-4(2)19)6(21,22)7(23,24)8(25,26)9(27,28)10(29,30)11(31,32)12(33,34)16(42,43)45-13(35,14(36,37)38)15(39,40)41. The van der Waals surface area contributed by atoms with E-state index in [-0.39, 0.29) is 0 Å². The summed E-state index contributed by atoms with van der Waals surface area (Å²) in [4.78, 5) is 1.37. The second kappa shape index (κ2) is 10.4. The summed E-state index contributed by atoms with van der Waals surface area (Å²) in [5.74, 6) is -87.6. The summed E-state index contributed by atoms with van der Waals surface area (Å²) >= 11 is 0. The van der Waals surface area contributed by atoms with E-state index in [9.17, 15) is 119 Å². The molecule has 1 aromatic rings. The molecule has 29 heteroatoms. The maximum atomic E-state index is 14.0. The van der Waals surface area contributed by atoms with Crippen LogP contribution in [0.1, 0.15) is 5.56 Å². The lowest BCUT2D eigenvalue weighted by Gasteiger charge is -2.44. The number of nitrogens with zero attached hydrogens (tertiary/aromatic N) is 1. The van der Waals surface area contributed by atoms with Gasteiger partial charge in [-0.15, -0.1) is 0 Å². The first-order valence-corrected chi connectivity index (χ1v) is 9.46. The first-order valence-electron chi connectivity index (χ1n) is 9.46. The van der Waals surface area contributed by atoms with Crippen LogP contribution in [0.5, 0.6) is 0 Å². The van der Waals surface area contributed by atoms with E-state index in [0.29, 0.717) is 0 Å². The molecule has 0 aromatic carbocycles. The van der Waals surface area contributed by atoms with Gasteiger partial charge in [-0.3, -0.25) is 4.74 Å². The molecule has 1 aromatic heterocycles. The molecule has 0 unspecified atom stereocenters. The third kappa shape index (κ3) is 5.22. The van der Waals surface area contributed by atoms with Crippen LogP contribution in [0.15, 0.2) is 0 Å². The van der Waals surface area contributed by atoms with E-state index in [0.717, 1.165) is 4.74 Å². The van der Waals surface area contributed by atoms with Crippen LogP contribution in [0.2, 0.25) is 0 Å². The Balaban J connectivity index is 3.94. The molecule has 0 fully saturated rings. The highest BCUT2D eigenvalue weighted by molar-refractivity contribution is 5.28. The molecule has 0 aliphatic rings. The molecule has 0 N–H and O–H groups in total. The van der Waals surface area contributed by atoms with Gasteiger partial charge in [0.05, 0.1) is 0 Å². The van der Waals surface area contributed by atoms with Gasteiger partial charge in [-0.25, -0.2) is 8.78 Å². The zero-order valence-corrected chi connectivity index (χ0v) is 19.1. The molecule has 1 heterocycles. The minimum absolute atomic E-state index is 0.853. The van der Waals surface area contributed by atoms with E-state index in [4.69, 9.17) is 0 Å². The smallest absolute Gasteiger partial charge is 0.262 e. The largest absolute Gasteiger partial charge is 0.458 e. The summed E-state index contributed by atoms with van der Waals surface area (Å²) in [7, 11) is 0. The molecule has 0 atom stereocenters. The van der Waals surface area contributed by atoms with Crippen LogP contribution in [-0.2, 0) is 10.7 Å². The van der Waals surface area contributed by atoms with Crippen molar-refractivity contribution in [2.75, 3.05) is 0 Å². The molecule has 0 aliphatic heterocycles. The summed E-state index contributed by atoms with van der Waals surface area (Å²) < 4.78 is 360. The van der Waals surface area contributed by atoms with Crippen molar-refractivity contribution in [1.29, 1.82) is 0 Å². The number of hydrogen-bond donors (Lipinski definition) is 0. The van der Waals surface area contributed by atoms with Crippen molar-refractivity contribution >= 4 is 0 Å². The van der Waals surface area contributed by atoms with Crippen molar-refractivity contribution < 1.29 is 123 Å². The zero-order valence-electron chi connectivity index (χ0n) is 19.1. The van der Waals surface area contributed by atoms with Crippen LogP contribution in [0.25, 0.3) is 0 Å². The molecule has 2 nitrogen and oxygen atoms in total. The predicted octanol–water partition coefficient (Wildman–Crippen LogP) is 8.94. The van der Waals surface area contributed by atoms with E-state index in [1.165, 1.54) is 4.98 Å². The number of ether oxygens (including phenoxy) is 1. The van der Waals surface area contributed by atoms with Crippen LogP contribution >= 0.6 is 0 Å². The number of aromatic nitrogens is 1. The summed E-state index contributed by atoms with van der Waals surface area (Å²) in [6, 6.07) is 0. The van der Waals surface area contributed by atoms with Crippen molar-refractivity contribution in [3.8, 4) is 0 Å². The van der Waals surface area contributed by atoms with Crippen LogP contribution in [0.4, 0.5) is 119 Å². The minimum Gasteiger partial charge on any atom is -0.262 e. The van der Waals surface area contributed by atoms with E-state index in [2.05, 4.69) is 0 Å². The van der Waals surface area contributed by atoms with E-state index < -0.39 is 94.9 Å². The topological polar surface area (TPSA) is 22.1 Å². The molecule has 0 amide bonds. The molecule has 0 saturated heterocycles. The third-order valence-electron chi connectivity index (χ3n) is 5.04. The maximum absolute atomic E-state index is 14.0. The lowest BCUT2D eigenvalue weighted by Crippen LogP contribution is -2.75. The number of hydrogen-bond acceptors (Lipinski definition) is 2. The molecule has 0 aliphatic carbocycles. The van der Waals surface area contributed by atoms with Gasteiger partial charge >= 0.3 is 65.8 Å². The van der Waals surface area contributed by atoms with Crippen molar-refractivity contribution in [3.05, 3.63) is 29.1 Å². The average Bonchev–Trinajstić information content (AvgIpc) is 2.80. The summed E-state index contributed by atoms with van der Waals surface area (Å²) in [6.07, 6.45) is -25.1. The predicted molar refractivity (Wildman–Crippen MR) is 79.6 cm³/mol. The van der Waals surface area contributed by atoms with Crippen LogP contribution in [0, 0.1) is 23.5 Å². The Morgan fingerprint density at radius 3 is 0.933 bits per heavy atom. The van der Waals surface area contributed by atoms with Crippen LogP contribution < -0.4 is 0 Å². The van der Waals surface area contributed by atoms with Gasteiger partial charge in [0.1, 0.15) is 5.56 Å². The highest BCUT2D eigenvalue weighted by Crippen LogP contribution is 2.66. The monoisotopic (exact) mass is 735 g/mol. The van der Waals surface area contributed by atoms with Crippen molar-refractivity contribution in [1.82, 2.24) is 4.98 Å². The summed E-state index contributed by atoms with van der Waals surface area (Å²) in [5, 5.41) is 0. The Morgan fingerprint density at radius 2 is 0.644 bits per heavy atom. The lowest BCUT2D eigenvalue weighted by atomic mass is 9.87. The molecule has 0 radical (unpaired) electrons. The molecule has 1 rings (SSSR count). The number of pyridine rings is 1. The molecule has 0 saturated carbocycles. The van der Waals surface area contributed by atoms with E-state index >= 15 is 0 Å². The molecule has 0 spiro atoms. The second-order valence-corrected chi connectivity index (χ2v) is 7.93. The Kier molecular flexibility index (Phi) is 9.27. The Morgan fingerprint density at radius 1 is 0.378 bits per heavy atom. The Bertz CT molecular complexity index is 1230. The van der Waals surface area contributed by atoms with Crippen LogP contribution in [-0.4, -0.2) is 64.8 Å². The summed E-state index contributed by atoms with van der Waals surface area (Å²) in [6.45, 7) is 0. The molecule has 0 bridgehead atoms.